The van der Waals surface area contributed by atoms with Crippen LogP contribution >= 0.6 is 0 Å². The first-order chi connectivity index (χ1) is 11.1. The van der Waals surface area contributed by atoms with Gasteiger partial charge in [0.2, 0.25) is 12.5 Å². The number of aromatic nitrogens is 2. The zero-order valence-corrected chi connectivity index (χ0v) is 12.3. The molecule has 1 N–H and O–H groups in total. The third-order valence-electron chi connectivity index (χ3n) is 3.37. The van der Waals surface area contributed by atoms with E-state index in [0.29, 0.717) is 18.0 Å². The highest BCUT2D eigenvalue weighted by Gasteiger charge is 2.25. The average Bonchev–Trinajstić information content (AvgIpc) is 3.18. The second kappa shape index (κ2) is 5.95. The lowest BCUT2D eigenvalue weighted by Gasteiger charge is -2.04. The van der Waals surface area contributed by atoms with E-state index in [4.69, 9.17) is 9.47 Å². The molecular formula is C14H14N4O5. The van der Waals surface area contributed by atoms with E-state index in [9.17, 15) is 14.9 Å². The van der Waals surface area contributed by atoms with Crippen LogP contribution in [0.4, 0.5) is 5.69 Å². The molecule has 120 valence electrons. The first-order valence-electron chi connectivity index (χ1n) is 6.97. The molecule has 0 saturated carbocycles. The quantitative estimate of drug-likeness (QED) is 0.660. The van der Waals surface area contributed by atoms with Crippen molar-refractivity contribution in [1.82, 2.24) is 15.1 Å². The number of benzene rings is 1. The first-order valence-corrected chi connectivity index (χ1v) is 6.97. The number of carbonyl (C=O) groups is 1. The summed E-state index contributed by atoms with van der Waals surface area (Å²) < 4.78 is 11.8. The molecular weight excluding hydrogens is 304 g/mol. The predicted octanol–water partition coefficient (Wildman–Crippen LogP) is 1.47. The molecule has 1 aromatic heterocycles. The Kier molecular flexibility index (Phi) is 3.83. The topological polar surface area (TPSA) is 109 Å². The molecule has 0 saturated heterocycles. The lowest BCUT2D eigenvalue weighted by atomic mass is 10.2. The number of aryl methyl sites for hydroxylation is 1. The van der Waals surface area contributed by atoms with Crippen LogP contribution in [0.15, 0.2) is 24.4 Å². The molecule has 9 nitrogen and oxygen atoms in total. The average molecular weight is 318 g/mol. The maximum atomic E-state index is 12.2. The van der Waals surface area contributed by atoms with Gasteiger partial charge in [0, 0.05) is 13.1 Å². The fraction of sp³-hybridized carbons (Fsp3) is 0.286. The van der Waals surface area contributed by atoms with Crippen molar-refractivity contribution in [2.75, 3.05) is 6.79 Å². The van der Waals surface area contributed by atoms with Gasteiger partial charge >= 0.3 is 5.69 Å². The van der Waals surface area contributed by atoms with Gasteiger partial charge in [-0.1, -0.05) is 6.07 Å². The second-order valence-corrected chi connectivity index (χ2v) is 4.85. The van der Waals surface area contributed by atoms with Gasteiger partial charge in [0.25, 0.3) is 5.91 Å². The van der Waals surface area contributed by atoms with E-state index in [2.05, 4.69) is 10.4 Å². The normalized spacial score (nSPS) is 12.2. The molecule has 0 bridgehead atoms. The summed E-state index contributed by atoms with van der Waals surface area (Å²) >= 11 is 0. The monoisotopic (exact) mass is 318 g/mol. The largest absolute Gasteiger partial charge is 0.454 e. The van der Waals surface area contributed by atoms with Crippen LogP contribution in [0.1, 0.15) is 23.0 Å². The molecule has 0 unspecified atom stereocenters. The number of amides is 1. The van der Waals surface area contributed by atoms with Crippen LogP contribution in [-0.4, -0.2) is 27.4 Å². The summed E-state index contributed by atoms with van der Waals surface area (Å²) in [6, 6.07) is 5.28. The summed E-state index contributed by atoms with van der Waals surface area (Å²) in [7, 11) is 0. The van der Waals surface area contributed by atoms with Crippen LogP contribution in [0.5, 0.6) is 11.5 Å². The summed E-state index contributed by atoms with van der Waals surface area (Å²) in [5, 5.41) is 17.6. The Morgan fingerprint density at radius 2 is 2.22 bits per heavy atom. The van der Waals surface area contributed by atoms with Crippen molar-refractivity contribution in [2.45, 2.75) is 20.0 Å². The van der Waals surface area contributed by atoms with Crippen molar-refractivity contribution in [3.63, 3.8) is 0 Å². The Morgan fingerprint density at radius 3 is 2.96 bits per heavy atom. The molecule has 23 heavy (non-hydrogen) atoms. The van der Waals surface area contributed by atoms with Crippen molar-refractivity contribution in [3.05, 3.63) is 45.8 Å². The fourth-order valence-electron chi connectivity index (χ4n) is 2.19. The van der Waals surface area contributed by atoms with Crippen LogP contribution in [0, 0.1) is 10.1 Å². The zero-order chi connectivity index (χ0) is 16.4. The van der Waals surface area contributed by atoms with Gasteiger partial charge in [-0.2, -0.15) is 5.10 Å². The van der Waals surface area contributed by atoms with Gasteiger partial charge < -0.3 is 14.8 Å². The van der Waals surface area contributed by atoms with E-state index < -0.39 is 10.8 Å². The second-order valence-electron chi connectivity index (χ2n) is 4.85. The van der Waals surface area contributed by atoms with E-state index in [0.717, 1.165) is 5.56 Å². The van der Waals surface area contributed by atoms with Gasteiger partial charge in [0.1, 0.15) is 6.20 Å². The van der Waals surface area contributed by atoms with Crippen LogP contribution in [-0.2, 0) is 13.1 Å². The highest BCUT2D eigenvalue weighted by Crippen LogP contribution is 2.32. The molecule has 1 aliphatic heterocycles. The van der Waals surface area contributed by atoms with Gasteiger partial charge in [-0.25, -0.2) is 0 Å². The lowest BCUT2D eigenvalue weighted by molar-refractivity contribution is -0.385. The Labute approximate surface area is 131 Å². The summed E-state index contributed by atoms with van der Waals surface area (Å²) in [6.45, 7) is 2.60. The highest BCUT2D eigenvalue weighted by molar-refractivity contribution is 5.96. The van der Waals surface area contributed by atoms with E-state index in [1.54, 1.807) is 25.1 Å². The van der Waals surface area contributed by atoms with Crippen LogP contribution in [0.2, 0.25) is 0 Å². The molecule has 2 aromatic rings. The molecule has 0 atom stereocenters. The number of nitrogens with zero attached hydrogens (tertiary/aromatic N) is 3. The zero-order valence-electron chi connectivity index (χ0n) is 12.3. The van der Waals surface area contributed by atoms with E-state index in [1.165, 1.54) is 10.9 Å². The number of rotatable bonds is 5. The lowest BCUT2D eigenvalue weighted by Crippen LogP contribution is -2.24. The van der Waals surface area contributed by atoms with Crippen molar-refractivity contribution >= 4 is 11.6 Å². The molecule has 0 radical (unpaired) electrons. The molecule has 9 heteroatoms. The highest BCUT2D eigenvalue weighted by atomic mass is 16.7. The summed E-state index contributed by atoms with van der Waals surface area (Å²) in [5.41, 5.74) is 0.285. The summed E-state index contributed by atoms with van der Waals surface area (Å²) in [6.07, 6.45) is 1.25. The number of nitrogens with one attached hydrogen (secondary N) is 1. The molecule has 1 aliphatic rings. The van der Waals surface area contributed by atoms with Gasteiger partial charge in [-0.3, -0.25) is 19.6 Å². The maximum Gasteiger partial charge on any atom is 0.320 e. The van der Waals surface area contributed by atoms with Gasteiger partial charge in [-0.15, -0.1) is 0 Å². The minimum Gasteiger partial charge on any atom is -0.454 e. The minimum absolute atomic E-state index is 0.172. The SMILES string of the molecule is CCn1cc([N+](=O)[O-])c(C(=O)NCc2ccc3c(c2)OCO3)n1. The molecule has 1 amide bonds. The van der Waals surface area contributed by atoms with Crippen molar-refractivity contribution in [1.29, 1.82) is 0 Å². The van der Waals surface area contributed by atoms with Crippen LogP contribution in [0.3, 0.4) is 0 Å². The Morgan fingerprint density at radius 1 is 1.43 bits per heavy atom. The number of ether oxygens (including phenoxy) is 2. The van der Waals surface area contributed by atoms with Gasteiger partial charge in [0.15, 0.2) is 11.5 Å². The minimum atomic E-state index is -0.616. The van der Waals surface area contributed by atoms with Crippen molar-refractivity contribution in [2.24, 2.45) is 0 Å². The third kappa shape index (κ3) is 2.93. The molecule has 0 fully saturated rings. The molecule has 1 aromatic carbocycles. The number of hydrogen-bond acceptors (Lipinski definition) is 6. The first kappa shape index (κ1) is 14.8. The standard InChI is InChI=1S/C14H14N4O5/c1-2-17-7-10(18(20)21)13(16-17)14(19)15-6-9-3-4-11-12(5-9)23-8-22-11/h3-5,7H,2,6,8H2,1H3,(H,15,19). The van der Waals surface area contributed by atoms with Crippen LogP contribution < -0.4 is 14.8 Å². The number of fused-ring (bicyclic) bond motifs is 1. The number of nitro groups is 1. The smallest absolute Gasteiger partial charge is 0.320 e. The third-order valence-corrected chi connectivity index (χ3v) is 3.37. The fourth-order valence-corrected chi connectivity index (χ4v) is 2.19. The number of hydrogen-bond donors (Lipinski definition) is 1. The summed E-state index contributed by atoms with van der Waals surface area (Å²) in [5.74, 6) is 0.664. The molecule has 3 rings (SSSR count). The van der Waals surface area contributed by atoms with E-state index in [1.807, 2.05) is 0 Å². The Bertz CT molecular complexity index is 771. The maximum absolute atomic E-state index is 12.2. The van der Waals surface area contributed by atoms with E-state index >= 15 is 0 Å². The molecule has 0 aliphatic carbocycles. The van der Waals surface area contributed by atoms with Gasteiger partial charge in [0.05, 0.1) is 4.92 Å². The molecule has 2 heterocycles. The molecule has 0 spiro atoms. The van der Waals surface area contributed by atoms with Gasteiger partial charge in [-0.05, 0) is 24.6 Å². The number of carbonyl (C=O) groups excluding carboxylic acids is 1. The van der Waals surface area contributed by atoms with Crippen molar-refractivity contribution < 1.29 is 19.2 Å². The Hall–Kier alpha value is -3.10. The van der Waals surface area contributed by atoms with Crippen LogP contribution in [0.25, 0.3) is 0 Å². The summed E-state index contributed by atoms with van der Waals surface area (Å²) in [4.78, 5) is 22.5. The predicted molar refractivity (Wildman–Crippen MR) is 78.3 cm³/mol. The van der Waals surface area contributed by atoms with Crippen molar-refractivity contribution in [3.8, 4) is 11.5 Å². The van der Waals surface area contributed by atoms with E-state index in [-0.39, 0.29) is 24.7 Å². The Balaban J connectivity index is 1.72.